The van der Waals surface area contributed by atoms with Gasteiger partial charge in [-0.05, 0) is 67.0 Å². The molecule has 0 N–H and O–H groups in total. The van der Waals surface area contributed by atoms with E-state index < -0.39 is 0 Å². The Morgan fingerprint density at radius 3 is 2.15 bits per heavy atom. The first-order valence-electron chi connectivity index (χ1n) is 11.0. The van der Waals surface area contributed by atoms with E-state index >= 15 is 0 Å². The summed E-state index contributed by atoms with van der Waals surface area (Å²) in [5.74, 6) is 2.87. The van der Waals surface area contributed by atoms with Crippen LogP contribution in [0.25, 0.3) is 11.3 Å². The van der Waals surface area contributed by atoms with Crippen molar-refractivity contribution in [1.29, 1.82) is 0 Å². The van der Waals surface area contributed by atoms with Crippen molar-refractivity contribution in [3.63, 3.8) is 0 Å². The maximum atomic E-state index is 5.65. The smallest absolute Gasteiger partial charge is 0.119 e. The molecule has 1 aromatic carbocycles. The number of aryl methyl sites for hydroxylation is 1. The first-order valence-corrected chi connectivity index (χ1v) is 11.0. The van der Waals surface area contributed by atoms with Gasteiger partial charge in [-0.15, -0.1) is 0 Å². The molecule has 146 valence electrons. The fourth-order valence-corrected chi connectivity index (χ4v) is 4.27. The van der Waals surface area contributed by atoms with E-state index in [-0.39, 0.29) is 0 Å². The lowest BCUT2D eigenvalue weighted by Crippen LogP contribution is -2.15. The number of nitrogens with zero attached hydrogens (tertiary/aromatic N) is 1. The van der Waals surface area contributed by atoms with Crippen molar-refractivity contribution in [1.82, 2.24) is 4.98 Å². The average molecular weight is 366 g/mol. The zero-order valence-corrected chi connectivity index (χ0v) is 17.1. The van der Waals surface area contributed by atoms with Crippen LogP contribution >= 0.6 is 0 Å². The number of benzene rings is 1. The molecule has 2 aromatic rings. The van der Waals surface area contributed by atoms with E-state index in [1.54, 1.807) is 0 Å². The number of rotatable bonds is 9. The van der Waals surface area contributed by atoms with Crippen molar-refractivity contribution in [3.8, 4) is 17.0 Å². The monoisotopic (exact) mass is 365 g/mol. The van der Waals surface area contributed by atoms with E-state index in [2.05, 4.69) is 44.3 Å². The van der Waals surface area contributed by atoms with Gasteiger partial charge in [-0.25, -0.2) is 0 Å². The summed E-state index contributed by atoms with van der Waals surface area (Å²) in [6.07, 6.45) is 14.1. The third kappa shape index (κ3) is 6.09. The molecular weight excluding hydrogens is 330 g/mol. The molecule has 0 amide bonds. The molecule has 1 saturated carbocycles. The summed E-state index contributed by atoms with van der Waals surface area (Å²) in [6.45, 7) is 5.21. The number of pyridine rings is 1. The Bertz CT molecular complexity index is 654. The van der Waals surface area contributed by atoms with Gasteiger partial charge in [-0.3, -0.25) is 4.98 Å². The Balaban J connectivity index is 1.47. The Kier molecular flexibility index (Phi) is 7.74. The Labute approximate surface area is 165 Å². The first-order chi connectivity index (χ1) is 13.3. The van der Waals surface area contributed by atoms with Crippen LogP contribution in [0.5, 0.6) is 5.75 Å². The maximum absolute atomic E-state index is 5.65. The van der Waals surface area contributed by atoms with E-state index in [0.29, 0.717) is 0 Å². The molecular formula is C25H35NO. The van der Waals surface area contributed by atoms with Crippen LogP contribution in [0.15, 0.2) is 42.6 Å². The summed E-state index contributed by atoms with van der Waals surface area (Å²) in [5, 5.41) is 0. The van der Waals surface area contributed by atoms with Crippen molar-refractivity contribution in [2.75, 3.05) is 6.61 Å². The zero-order valence-electron chi connectivity index (χ0n) is 17.1. The number of aromatic nitrogens is 1. The molecule has 0 atom stereocenters. The van der Waals surface area contributed by atoms with Crippen LogP contribution in [0, 0.1) is 11.8 Å². The third-order valence-electron chi connectivity index (χ3n) is 5.95. The number of ether oxygens (including phenoxy) is 1. The van der Waals surface area contributed by atoms with Gasteiger partial charge in [0, 0.05) is 11.8 Å². The van der Waals surface area contributed by atoms with Crippen LogP contribution in [0.3, 0.4) is 0 Å². The van der Waals surface area contributed by atoms with Crippen LogP contribution in [0.2, 0.25) is 0 Å². The summed E-state index contributed by atoms with van der Waals surface area (Å²) < 4.78 is 5.65. The van der Waals surface area contributed by atoms with Crippen molar-refractivity contribution in [2.45, 2.75) is 71.6 Å². The highest BCUT2D eigenvalue weighted by atomic mass is 16.5. The van der Waals surface area contributed by atoms with Crippen LogP contribution < -0.4 is 4.74 Å². The highest BCUT2D eigenvalue weighted by Crippen LogP contribution is 2.33. The second-order valence-corrected chi connectivity index (χ2v) is 8.14. The highest BCUT2D eigenvalue weighted by Gasteiger charge is 2.20. The van der Waals surface area contributed by atoms with Gasteiger partial charge >= 0.3 is 0 Å². The molecule has 27 heavy (non-hydrogen) atoms. The highest BCUT2D eigenvalue weighted by molar-refractivity contribution is 5.60. The minimum Gasteiger partial charge on any atom is -0.494 e. The molecule has 2 nitrogen and oxygen atoms in total. The van der Waals surface area contributed by atoms with E-state index in [1.807, 2.05) is 12.1 Å². The standard InChI is InChI=1S/C25H35NO/c1-3-5-20-6-8-21(9-7-20)10-11-22-12-17-25(26-19-22)23-13-15-24(16-14-23)27-18-4-2/h12-17,19-21H,3-11,18H2,1-2H3/t20-,21-. The largest absolute Gasteiger partial charge is 0.494 e. The average Bonchev–Trinajstić information content (AvgIpc) is 2.73. The van der Waals surface area contributed by atoms with E-state index in [9.17, 15) is 0 Å². The van der Waals surface area contributed by atoms with Gasteiger partial charge in [-0.2, -0.15) is 0 Å². The number of hydrogen-bond acceptors (Lipinski definition) is 2. The Morgan fingerprint density at radius 1 is 0.852 bits per heavy atom. The summed E-state index contributed by atoms with van der Waals surface area (Å²) in [6, 6.07) is 12.7. The summed E-state index contributed by atoms with van der Waals surface area (Å²) in [4.78, 5) is 4.70. The molecule has 1 aliphatic rings. The lowest BCUT2D eigenvalue weighted by molar-refractivity contribution is 0.252. The van der Waals surface area contributed by atoms with Gasteiger partial charge in [0.25, 0.3) is 0 Å². The molecule has 0 saturated heterocycles. The summed E-state index contributed by atoms with van der Waals surface area (Å²) >= 11 is 0. The predicted octanol–water partition coefficient (Wildman–Crippen LogP) is 7.08. The van der Waals surface area contributed by atoms with Crippen LogP contribution in [-0.4, -0.2) is 11.6 Å². The van der Waals surface area contributed by atoms with Crippen LogP contribution in [-0.2, 0) is 6.42 Å². The van der Waals surface area contributed by atoms with Gasteiger partial charge in [0.05, 0.1) is 12.3 Å². The first kappa shape index (κ1) is 19.9. The molecule has 0 aliphatic heterocycles. The molecule has 3 rings (SSSR count). The van der Waals surface area contributed by atoms with Crippen LogP contribution in [0.4, 0.5) is 0 Å². The lowest BCUT2D eigenvalue weighted by atomic mass is 9.78. The third-order valence-corrected chi connectivity index (χ3v) is 5.95. The maximum Gasteiger partial charge on any atom is 0.119 e. The fourth-order valence-electron chi connectivity index (χ4n) is 4.27. The quantitative estimate of drug-likeness (QED) is 0.474. The van der Waals surface area contributed by atoms with Gasteiger partial charge in [0.1, 0.15) is 5.75 Å². The molecule has 1 heterocycles. The molecule has 1 aromatic heterocycles. The van der Waals surface area contributed by atoms with Crippen molar-refractivity contribution < 1.29 is 4.74 Å². The molecule has 1 fully saturated rings. The second kappa shape index (κ2) is 10.5. The van der Waals surface area contributed by atoms with Crippen molar-refractivity contribution in [2.24, 2.45) is 11.8 Å². The second-order valence-electron chi connectivity index (χ2n) is 8.14. The SMILES string of the molecule is CCCOc1ccc(-c2ccc(CC[C@H]3CC[C@H](CCC)CC3)cn2)cc1. The topological polar surface area (TPSA) is 22.1 Å². The van der Waals surface area contributed by atoms with Gasteiger partial charge in [-0.1, -0.05) is 58.4 Å². The van der Waals surface area contributed by atoms with Gasteiger partial charge in [0.2, 0.25) is 0 Å². The number of hydrogen-bond donors (Lipinski definition) is 0. The Hall–Kier alpha value is -1.83. The van der Waals surface area contributed by atoms with E-state index in [0.717, 1.165) is 41.9 Å². The van der Waals surface area contributed by atoms with Crippen molar-refractivity contribution in [3.05, 3.63) is 48.2 Å². The van der Waals surface area contributed by atoms with Gasteiger partial charge in [0.15, 0.2) is 0 Å². The van der Waals surface area contributed by atoms with Gasteiger partial charge < -0.3 is 4.74 Å². The molecule has 2 heteroatoms. The fraction of sp³-hybridized carbons (Fsp3) is 0.560. The molecule has 0 radical (unpaired) electrons. The minimum atomic E-state index is 0.770. The molecule has 0 unspecified atom stereocenters. The van der Waals surface area contributed by atoms with Crippen LogP contribution in [0.1, 0.15) is 70.8 Å². The lowest BCUT2D eigenvalue weighted by Gasteiger charge is -2.28. The predicted molar refractivity (Wildman–Crippen MR) is 114 cm³/mol. The summed E-state index contributed by atoms with van der Waals surface area (Å²) in [7, 11) is 0. The minimum absolute atomic E-state index is 0.770. The summed E-state index contributed by atoms with van der Waals surface area (Å²) in [5.41, 5.74) is 3.57. The van der Waals surface area contributed by atoms with Crippen molar-refractivity contribution >= 4 is 0 Å². The van der Waals surface area contributed by atoms with E-state index in [1.165, 1.54) is 56.9 Å². The zero-order chi connectivity index (χ0) is 18.9. The molecule has 0 bridgehead atoms. The normalized spacial score (nSPS) is 19.8. The molecule has 0 spiro atoms. The molecule has 1 aliphatic carbocycles. The Morgan fingerprint density at radius 2 is 1.56 bits per heavy atom. The van der Waals surface area contributed by atoms with E-state index in [4.69, 9.17) is 9.72 Å².